The Bertz CT molecular complexity index is 1660. The highest BCUT2D eigenvalue weighted by atomic mass is 32.2. The molecule has 1 aromatic heterocycles. The van der Waals surface area contributed by atoms with Crippen molar-refractivity contribution in [2.45, 2.75) is 30.2 Å². The van der Waals surface area contributed by atoms with Gasteiger partial charge in [-0.25, -0.2) is 17.5 Å². The first kappa shape index (κ1) is 27.3. The molecule has 0 unspecified atom stereocenters. The fourth-order valence-corrected chi connectivity index (χ4v) is 4.82. The number of benzene rings is 3. The predicted octanol–water partition coefficient (Wildman–Crippen LogP) is 5.77. The largest absolute Gasteiger partial charge is 0.417 e. The summed E-state index contributed by atoms with van der Waals surface area (Å²) in [4.78, 5) is 13.7. The van der Waals surface area contributed by atoms with E-state index in [1.807, 2.05) is 0 Å². The highest BCUT2D eigenvalue weighted by molar-refractivity contribution is 7.89. The van der Waals surface area contributed by atoms with E-state index < -0.39 is 57.0 Å². The lowest BCUT2D eigenvalue weighted by molar-refractivity contribution is -0.138. The van der Waals surface area contributed by atoms with E-state index in [0.29, 0.717) is 35.4 Å². The van der Waals surface area contributed by atoms with Gasteiger partial charge >= 0.3 is 12.4 Å². The van der Waals surface area contributed by atoms with E-state index in [0.717, 1.165) is 0 Å². The molecule has 3 aromatic carbocycles. The van der Waals surface area contributed by atoms with E-state index in [4.69, 9.17) is 0 Å². The van der Waals surface area contributed by atoms with Crippen molar-refractivity contribution in [3.63, 3.8) is 0 Å². The lowest BCUT2D eigenvalue weighted by Gasteiger charge is -2.12. The molecule has 4 aromatic rings. The second kappa shape index (κ2) is 9.87. The van der Waals surface area contributed by atoms with Crippen molar-refractivity contribution in [1.82, 2.24) is 9.71 Å². The molecule has 2 N–H and O–H groups in total. The summed E-state index contributed by atoms with van der Waals surface area (Å²) < 4.78 is 120. The molecule has 0 aliphatic heterocycles. The standard InChI is InChI=1S/C25H17F7N2O3S/c26-21-7-4-17(24(27,28)29)11-16(21)13-33-38(36,37)18-5-1-14(2-6-18)9-15-3-8-22-19(10-15)20(25(30,31)32)12-23(35)34-22/h1-8,10-12,33H,9,13H2,(H,34,35). The molecule has 0 atom stereocenters. The Morgan fingerprint density at radius 1 is 0.789 bits per heavy atom. The molecule has 1 heterocycles. The molecule has 38 heavy (non-hydrogen) atoms. The number of halogens is 7. The monoisotopic (exact) mass is 558 g/mol. The van der Waals surface area contributed by atoms with Crippen LogP contribution in [0.5, 0.6) is 0 Å². The third-order valence-electron chi connectivity index (χ3n) is 5.68. The number of aromatic amines is 1. The average Bonchev–Trinajstić information content (AvgIpc) is 2.82. The number of pyridine rings is 1. The number of hydrogen-bond acceptors (Lipinski definition) is 3. The smallest absolute Gasteiger partial charge is 0.322 e. The van der Waals surface area contributed by atoms with Crippen molar-refractivity contribution in [3.05, 3.63) is 111 Å². The normalized spacial score (nSPS) is 12.7. The van der Waals surface area contributed by atoms with Gasteiger partial charge in [-0.15, -0.1) is 0 Å². The first-order valence-electron chi connectivity index (χ1n) is 10.8. The second-order valence-corrected chi connectivity index (χ2v) is 10.1. The van der Waals surface area contributed by atoms with Gasteiger partial charge < -0.3 is 4.98 Å². The van der Waals surface area contributed by atoms with Crippen molar-refractivity contribution in [2.75, 3.05) is 0 Å². The Morgan fingerprint density at radius 3 is 2.08 bits per heavy atom. The first-order valence-corrected chi connectivity index (χ1v) is 12.3. The van der Waals surface area contributed by atoms with Gasteiger partial charge in [0.25, 0.3) is 0 Å². The molecular weight excluding hydrogens is 541 g/mol. The molecule has 0 aliphatic carbocycles. The zero-order chi connectivity index (χ0) is 27.9. The summed E-state index contributed by atoms with van der Waals surface area (Å²) in [5, 5.41) is -0.195. The molecule has 0 fully saturated rings. The molecule has 0 bridgehead atoms. The number of hydrogen-bond donors (Lipinski definition) is 2. The number of fused-ring (bicyclic) bond motifs is 1. The van der Waals surface area contributed by atoms with Gasteiger partial charge in [-0.3, -0.25) is 4.79 Å². The van der Waals surface area contributed by atoms with Crippen LogP contribution < -0.4 is 10.3 Å². The molecule has 0 spiro atoms. The summed E-state index contributed by atoms with van der Waals surface area (Å²) in [6.45, 7) is -0.722. The molecule has 5 nitrogen and oxygen atoms in total. The van der Waals surface area contributed by atoms with Crippen molar-refractivity contribution < 1.29 is 39.2 Å². The lowest BCUT2D eigenvalue weighted by Crippen LogP contribution is -2.24. The molecular formula is C25H17F7N2O3S. The maximum absolute atomic E-state index is 13.9. The van der Waals surface area contributed by atoms with Crippen molar-refractivity contribution in [2.24, 2.45) is 0 Å². The van der Waals surface area contributed by atoms with Crippen LogP contribution in [0.2, 0.25) is 0 Å². The van der Waals surface area contributed by atoms with Gasteiger partial charge in [-0.2, -0.15) is 26.3 Å². The molecule has 0 aliphatic rings. The van der Waals surface area contributed by atoms with Crippen molar-refractivity contribution >= 4 is 20.9 Å². The van der Waals surface area contributed by atoms with Crippen LogP contribution in [0, 0.1) is 5.82 Å². The summed E-state index contributed by atoms with van der Waals surface area (Å²) >= 11 is 0. The number of nitrogens with one attached hydrogen (secondary N) is 2. The Labute approximate surface area is 211 Å². The third kappa shape index (κ3) is 6.05. The van der Waals surface area contributed by atoms with E-state index in [-0.39, 0.29) is 22.2 Å². The molecule has 0 saturated carbocycles. The summed E-state index contributed by atoms with van der Waals surface area (Å²) in [5.41, 5.74) is -2.57. The fraction of sp³-hybridized carbons (Fsp3) is 0.160. The highest BCUT2D eigenvalue weighted by Gasteiger charge is 2.33. The van der Waals surface area contributed by atoms with Crippen LogP contribution in [-0.2, 0) is 35.3 Å². The second-order valence-electron chi connectivity index (χ2n) is 8.37. The number of aromatic nitrogens is 1. The minimum absolute atomic E-state index is 0.0123. The van der Waals surface area contributed by atoms with Crippen LogP contribution in [0.1, 0.15) is 27.8 Å². The summed E-state index contributed by atoms with van der Waals surface area (Å²) in [7, 11) is -4.22. The van der Waals surface area contributed by atoms with E-state index in [1.54, 1.807) is 0 Å². The van der Waals surface area contributed by atoms with Crippen LogP contribution in [-0.4, -0.2) is 13.4 Å². The zero-order valence-electron chi connectivity index (χ0n) is 19.0. The van der Waals surface area contributed by atoms with Gasteiger partial charge in [0.1, 0.15) is 5.82 Å². The maximum atomic E-state index is 13.9. The Hall–Kier alpha value is -3.71. The Kier molecular flexibility index (Phi) is 7.10. The third-order valence-corrected chi connectivity index (χ3v) is 7.10. The average molecular weight is 558 g/mol. The molecule has 13 heteroatoms. The number of alkyl halides is 6. The molecule has 200 valence electrons. The Morgan fingerprint density at radius 2 is 1.45 bits per heavy atom. The van der Waals surface area contributed by atoms with Crippen LogP contribution in [0.3, 0.4) is 0 Å². The minimum atomic E-state index is -4.74. The van der Waals surface area contributed by atoms with Crippen LogP contribution in [0.15, 0.2) is 76.4 Å². The van der Waals surface area contributed by atoms with E-state index in [9.17, 15) is 43.9 Å². The van der Waals surface area contributed by atoms with Gasteiger partial charge in [0.05, 0.1) is 16.0 Å². The van der Waals surface area contributed by atoms with Gasteiger partial charge in [0.2, 0.25) is 15.6 Å². The number of H-pyrrole nitrogens is 1. The molecule has 4 rings (SSSR count). The minimum Gasteiger partial charge on any atom is -0.322 e. The van der Waals surface area contributed by atoms with Crippen LogP contribution in [0.4, 0.5) is 30.7 Å². The van der Waals surface area contributed by atoms with Gasteiger partial charge in [0, 0.05) is 29.1 Å². The summed E-state index contributed by atoms with van der Waals surface area (Å²) in [6, 6.07) is 11.5. The molecule has 0 saturated heterocycles. The SMILES string of the molecule is O=c1cc(C(F)(F)F)c2cc(Cc3ccc(S(=O)(=O)NCc4cc(C(F)(F)F)ccc4F)cc3)ccc2[nH]1. The van der Waals surface area contributed by atoms with Gasteiger partial charge in [-0.1, -0.05) is 18.2 Å². The zero-order valence-corrected chi connectivity index (χ0v) is 19.9. The van der Waals surface area contributed by atoms with E-state index in [2.05, 4.69) is 9.71 Å². The quantitative estimate of drug-likeness (QED) is 0.295. The van der Waals surface area contributed by atoms with Crippen LogP contribution in [0.25, 0.3) is 10.9 Å². The van der Waals surface area contributed by atoms with Crippen molar-refractivity contribution in [3.8, 4) is 0 Å². The summed E-state index contributed by atoms with van der Waals surface area (Å²) in [6.07, 6.45) is -9.34. The van der Waals surface area contributed by atoms with Gasteiger partial charge in [-0.05, 0) is 60.0 Å². The number of rotatable bonds is 6. The Balaban J connectivity index is 1.52. The van der Waals surface area contributed by atoms with Crippen LogP contribution >= 0.6 is 0 Å². The lowest BCUT2D eigenvalue weighted by atomic mass is 10.0. The fourth-order valence-electron chi connectivity index (χ4n) is 3.81. The van der Waals surface area contributed by atoms with E-state index in [1.165, 1.54) is 42.5 Å². The van der Waals surface area contributed by atoms with E-state index >= 15 is 0 Å². The predicted molar refractivity (Wildman–Crippen MR) is 124 cm³/mol. The summed E-state index contributed by atoms with van der Waals surface area (Å²) in [5.74, 6) is -1.01. The first-order chi connectivity index (χ1) is 17.6. The highest BCUT2D eigenvalue weighted by Crippen LogP contribution is 2.34. The maximum Gasteiger partial charge on any atom is 0.417 e. The molecule has 0 radical (unpaired) electrons. The molecule has 0 amide bonds. The van der Waals surface area contributed by atoms with Gasteiger partial charge in [0.15, 0.2) is 0 Å². The number of sulfonamides is 1. The van der Waals surface area contributed by atoms with Crippen molar-refractivity contribution in [1.29, 1.82) is 0 Å². The topological polar surface area (TPSA) is 79.0 Å².